The topological polar surface area (TPSA) is 119 Å². The monoisotopic (exact) mass is 308 g/mol. The van der Waals surface area contributed by atoms with Crippen molar-refractivity contribution in [1.29, 1.82) is 0 Å². The predicted molar refractivity (Wildman–Crippen MR) is 76.6 cm³/mol. The minimum atomic E-state index is -1.03. The number of carbonyl (C=O) groups is 2. The average Bonchev–Trinajstić information content (AvgIpc) is 2.52. The maximum atomic E-state index is 11.7. The number of oxime groups is 1. The molecule has 8 heteroatoms. The maximum Gasteiger partial charge on any atom is 0.364 e. The third kappa shape index (κ3) is 4.97. The number of esters is 1. The zero-order chi connectivity index (χ0) is 16.5. The molecule has 0 aromatic heterocycles. The Bertz CT molecular complexity index is 580. The van der Waals surface area contributed by atoms with Crippen LogP contribution in [0.25, 0.3) is 0 Å². The van der Waals surface area contributed by atoms with Crippen LogP contribution in [0.5, 0.6) is 0 Å². The van der Waals surface area contributed by atoms with E-state index in [9.17, 15) is 19.7 Å². The van der Waals surface area contributed by atoms with E-state index in [2.05, 4.69) is 5.16 Å². The van der Waals surface area contributed by atoms with Crippen LogP contribution in [0.1, 0.15) is 31.7 Å². The number of unbranched alkanes of at least 4 members (excludes halogenated alkanes) is 1. The number of hydrogen-bond donors (Lipinski definition) is 1. The Balaban J connectivity index is 2.60. The lowest BCUT2D eigenvalue weighted by Gasteiger charge is -2.05. The highest BCUT2D eigenvalue weighted by molar-refractivity contribution is 6.64. The molecule has 0 unspecified atom stereocenters. The molecule has 0 saturated carbocycles. The van der Waals surface area contributed by atoms with Crippen LogP contribution < -0.4 is 0 Å². The van der Waals surface area contributed by atoms with Crippen LogP contribution in [0.15, 0.2) is 29.4 Å². The third-order valence-corrected chi connectivity index (χ3v) is 2.83. The zero-order valence-electron chi connectivity index (χ0n) is 12.0. The Morgan fingerprint density at radius 1 is 1.32 bits per heavy atom. The van der Waals surface area contributed by atoms with Gasteiger partial charge in [0.15, 0.2) is 5.78 Å². The molecule has 0 aliphatic rings. The van der Waals surface area contributed by atoms with E-state index in [1.165, 1.54) is 24.3 Å². The molecule has 1 N–H and O–H groups in total. The van der Waals surface area contributed by atoms with Gasteiger partial charge in [0.25, 0.3) is 5.69 Å². The number of nitro benzene ring substituents is 1. The van der Waals surface area contributed by atoms with E-state index in [4.69, 9.17) is 9.94 Å². The smallest absolute Gasteiger partial charge is 0.364 e. The van der Waals surface area contributed by atoms with Crippen molar-refractivity contribution in [2.75, 3.05) is 0 Å². The van der Waals surface area contributed by atoms with Gasteiger partial charge < -0.3 is 9.94 Å². The minimum absolute atomic E-state index is 0.0811. The summed E-state index contributed by atoms with van der Waals surface area (Å²) < 4.78 is 4.86. The summed E-state index contributed by atoms with van der Waals surface area (Å²) in [6, 6.07) is 5.41. The highest BCUT2D eigenvalue weighted by Crippen LogP contribution is 2.12. The highest BCUT2D eigenvalue weighted by Gasteiger charge is 2.22. The third-order valence-electron chi connectivity index (χ3n) is 2.83. The Morgan fingerprint density at radius 3 is 2.45 bits per heavy atom. The molecule has 0 heterocycles. The SMILES string of the molecule is CCCCC(=O)C(=NO)C(=O)OCc1ccc([N+](=O)[O-])cc1. The Morgan fingerprint density at radius 2 is 1.95 bits per heavy atom. The fraction of sp³-hybridized carbons (Fsp3) is 0.357. The predicted octanol–water partition coefficient (Wildman–Crippen LogP) is 2.23. The van der Waals surface area contributed by atoms with E-state index < -0.39 is 22.4 Å². The van der Waals surface area contributed by atoms with Crippen molar-refractivity contribution < 1.29 is 24.5 Å². The molecule has 0 aliphatic carbocycles. The number of nitro groups is 1. The highest BCUT2D eigenvalue weighted by atomic mass is 16.6. The fourth-order valence-corrected chi connectivity index (χ4v) is 1.60. The lowest BCUT2D eigenvalue weighted by Crippen LogP contribution is -2.26. The van der Waals surface area contributed by atoms with E-state index in [0.717, 1.165) is 6.42 Å². The van der Waals surface area contributed by atoms with Crippen molar-refractivity contribution in [1.82, 2.24) is 0 Å². The molecular formula is C14H16N2O6. The second-order valence-corrected chi connectivity index (χ2v) is 4.48. The first-order valence-corrected chi connectivity index (χ1v) is 6.65. The molecule has 0 spiro atoms. The molecule has 0 atom stereocenters. The number of nitrogens with zero attached hydrogens (tertiary/aromatic N) is 2. The fourth-order valence-electron chi connectivity index (χ4n) is 1.60. The van der Waals surface area contributed by atoms with Crippen LogP contribution in [-0.4, -0.2) is 27.6 Å². The molecule has 1 aromatic rings. The maximum absolute atomic E-state index is 11.7. The molecule has 118 valence electrons. The molecule has 0 amide bonds. The molecule has 0 bridgehead atoms. The second-order valence-electron chi connectivity index (χ2n) is 4.48. The first kappa shape index (κ1) is 17.3. The van der Waals surface area contributed by atoms with Gasteiger partial charge in [-0.3, -0.25) is 14.9 Å². The van der Waals surface area contributed by atoms with Crippen LogP contribution in [0.4, 0.5) is 5.69 Å². The van der Waals surface area contributed by atoms with E-state index >= 15 is 0 Å². The van der Waals surface area contributed by atoms with Gasteiger partial charge in [-0.1, -0.05) is 18.5 Å². The van der Waals surface area contributed by atoms with Gasteiger partial charge in [0.1, 0.15) is 6.61 Å². The van der Waals surface area contributed by atoms with Gasteiger partial charge in [0, 0.05) is 18.6 Å². The van der Waals surface area contributed by atoms with Gasteiger partial charge in [0.05, 0.1) is 4.92 Å². The second kappa shape index (κ2) is 8.50. The number of ether oxygens (including phenoxy) is 1. The van der Waals surface area contributed by atoms with E-state index in [1.54, 1.807) is 0 Å². The molecule has 8 nitrogen and oxygen atoms in total. The summed E-state index contributed by atoms with van der Waals surface area (Å²) in [5.41, 5.74) is -0.213. The lowest BCUT2D eigenvalue weighted by molar-refractivity contribution is -0.384. The molecule has 0 aliphatic heterocycles. The molecular weight excluding hydrogens is 292 g/mol. The molecule has 0 saturated heterocycles. The summed E-state index contributed by atoms with van der Waals surface area (Å²) in [4.78, 5) is 33.3. The Labute approximate surface area is 126 Å². The number of non-ortho nitro benzene ring substituents is 1. The normalized spacial score (nSPS) is 11.0. The van der Waals surface area contributed by atoms with Crippen molar-refractivity contribution in [3.63, 3.8) is 0 Å². The number of carbonyl (C=O) groups excluding carboxylic acids is 2. The Kier molecular flexibility index (Phi) is 6.68. The van der Waals surface area contributed by atoms with Gasteiger partial charge in [0.2, 0.25) is 5.71 Å². The van der Waals surface area contributed by atoms with Gasteiger partial charge >= 0.3 is 5.97 Å². The van der Waals surface area contributed by atoms with Crippen molar-refractivity contribution in [3.05, 3.63) is 39.9 Å². The quantitative estimate of drug-likeness (QED) is 0.196. The summed E-state index contributed by atoms with van der Waals surface area (Å²) in [5, 5.41) is 22.0. The van der Waals surface area contributed by atoms with Crippen molar-refractivity contribution in [2.45, 2.75) is 32.8 Å². The van der Waals surface area contributed by atoms with E-state index in [1.807, 2.05) is 6.92 Å². The minimum Gasteiger partial charge on any atom is -0.456 e. The summed E-state index contributed by atoms with van der Waals surface area (Å²) in [6.07, 6.45) is 1.44. The zero-order valence-corrected chi connectivity index (χ0v) is 12.0. The summed E-state index contributed by atoms with van der Waals surface area (Å²) in [5.74, 6) is -1.61. The van der Waals surface area contributed by atoms with Crippen LogP contribution in [0.3, 0.4) is 0 Å². The van der Waals surface area contributed by atoms with Crippen LogP contribution in [0, 0.1) is 10.1 Å². The van der Waals surface area contributed by atoms with Crippen LogP contribution in [-0.2, 0) is 20.9 Å². The van der Waals surface area contributed by atoms with Gasteiger partial charge in [-0.25, -0.2) is 4.79 Å². The molecule has 1 aromatic carbocycles. The summed E-state index contributed by atoms with van der Waals surface area (Å²) in [6.45, 7) is 1.70. The van der Waals surface area contributed by atoms with Gasteiger partial charge in [-0.15, -0.1) is 0 Å². The largest absolute Gasteiger partial charge is 0.456 e. The lowest BCUT2D eigenvalue weighted by atomic mass is 10.1. The van der Waals surface area contributed by atoms with E-state index in [-0.39, 0.29) is 18.7 Å². The standard InChI is InChI=1S/C14H16N2O6/c1-2-3-4-12(17)13(15-19)14(18)22-9-10-5-7-11(8-6-10)16(20)21/h5-8,19H,2-4,9H2,1H3. The Hall–Kier alpha value is -2.77. The summed E-state index contributed by atoms with van der Waals surface area (Å²) in [7, 11) is 0. The van der Waals surface area contributed by atoms with Crippen LogP contribution in [0.2, 0.25) is 0 Å². The number of rotatable bonds is 8. The number of ketones is 1. The number of hydrogen-bond acceptors (Lipinski definition) is 7. The van der Waals surface area contributed by atoms with Gasteiger partial charge in [-0.05, 0) is 24.1 Å². The number of benzene rings is 1. The molecule has 1 rings (SSSR count). The van der Waals surface area contributed by atoms with Gasteiger partial charge in [-0.2, -0.15) is 0 Å². The van der Waals surface area contributed by atoms with Crippen molar-refractivity contribution in [3.8, 4) is 0 Å². The first-order chi connectivity index (χ1) is 10.5. The van der Waals surface area contributed by atoms with Crippen molar-refractivity contribution >= 4 is 23.2 Å². The first-order valence-electron chi connectivity index (χ1n) is 6.65. The van der Waals surface area contributed by atoms with Crippen LogP contribution >= 0.6 is 0 Å². The average molecular weight is 308 g/mol. The molecule has 0 fully saturated rings. The van der Waals surface area contributed by atoms with E-state index in [0.29, 0.717) is 12.0 Å². The molecule has 22 heavy (non-hydrogen) atoms. The summed E-state index contributed by atoms with van der Waals surface area (Å²) >= 11 is 0. The van der Waals surface area contributed by atoms with Crippen molar-refractivity contribution in [2.24, 2.45) is 5.16 Å². The molecule has 0 radical (unpaired) electrons. The number of Topliss-reactive ketones (excluding diaryl/α,β-unsaturated/α-hetero) is 1.